The van der Waals surface area contributed by atoms with E-state index in [0.29, 0.717) is 31.6 Å². The first-order valence-corrected chi connectivity index (χ1v) is 10.3. The maximum atomic E-state index is 13.0. The van der Waals surface area contributed by atoms with Gasteiger partial charge in [-0.05, 0) is 31.4 Å². The standard InChI is InChI=1S/C17H24N4O4S/c18-26(24,25)20-12-10-19(11-13-20)17(23)15-8-4-5-9-21(15)16(22)14-6-2-1-3-7-14/h1-3,6-7,15H,4-5,8-13H2,(H2,18,24,25). The lowest BCUT2D eigenvalue weighted by atomic mass is 9.99. The van der Waals surface area contributed by atoms with Gasteiger partial charge in [0, 0.05) is 38.3 Å². The van der Waals surface area contributed by atoms with Crippen LogP contribution in [0.25, 0.3) is 0 Å². The van der Waals surface area contributed by atoms with E-state index >= 15 is 0 Å². The zero-order valence-corrected chi connectivity index (χ0v) is 15.4. The molecule has 2 fully saturated rings. The third-order valence-electron chi connectivity index (χ3n) is 4.98. The highest BCUT2D eigenvalue weighted by atomic mass is 32.2. The van der Waals surface area contributed by atoms with Crippen LogP contribution >= 0.6 is 0 Å². The lowest BCUT2D eigenvalue weighted by molar-refractivity contribution is -0.138. The Morgan fingerprint density at radius 3 is 2.23 bits per heavy atom. The van der Waals surface area contributed by atoms with E-state index in [-0.39, 0.29) is 24.9 Å². The topological polar surface area (TPSA) is 104 Å². The zero-order chi connectivity index (χ0) is 18.7. The molecule has 0 radical (unpaired) electrons. The Balaban J connectivity index is 1.70. The number of nitrogens with zero attached hydrogens (tertiary/aromatic N) is 3. The summed E-state index contributed by atoms with van der Waals surface area (Å²) in [5.74, 6) is -0.241. The molecule has 1 aromatic carbocycles. The summed E-state index contributed by atoms with van der Waals surface area (Å²) in [4.78, 5) is 29.1. The van der Waals surface area contributed by atoms with Gasteiger partial charge in [0.2, 0.25) is 5.91 Å². The van der Waals surface area contributed by atoms with Crippen molar-refractivity contribution in [2.45, 2.75) is 25.3 Å². The van der Waals surface area contributed by atoms with Crippen LogP contribution in [-0.4, -0.2) is 73.1 Å². The van der Waals surface area contributed by atoms with Crippen molar-refractivity contribution in [3.63, 3.8) is 0 Å². The number of hydrogen-bond acceptors (Lipinski definition) is 4. The van der Waals surface area contributed by atoms with Gasteiger partial charge in [-0.15, -0.1) is 0 Å². The van der Waals surface area contributed by atoms with Crippen molar-refractivity contribution in [1.29, 1.82) is 0 Å². The van der Waals surface area contributed by atoms with Crippen molar-refractivity contribution < 1.29 is 18.0 Å². The zero-order valence-electron chi connectivity index (χ0n) is 14.6. The summed E-state index contributed by atoms with van der Waals surface area (Å²) < 4.78 is 24.0. The largest absolute Gasteiger partial charge is 0.338 e. The molecule has 9 heteroatoms. The van der Waals surface area contributed by atoms with Crippen molar-refractivity contribution >= 4 is 22.0 Å². The van der Waals surface area contributed by atoms with Crippen LogP contribution in [0.5, 0.6) is 0 Å². The summed E-state index contributed by atoms with van der Waals surface area (Å²) >= 11 is 0. The molecule has 142 valence electrons. The minimum absolute atomic E-state index is 0.108. The van der Waals surface area contributed by atoms with Crippen molar-refractivity contribution in [2.24, 2.45) is 5.14 Å². The maximum Gasteiger partial charge on any atom is 0.277 e. The Morgan fingerprint density at radius 2 is 1.62 bits per heavy atom. The molecule has 0 aromatic heterocycles. The van der Waals surface area contributed by atoms with E-state index in [2.05, 4.69) is 0 Å². The van der Waals surface area contributed by atoms with Gasteiger partial charge in [0.05, 0.1) is 0 Å². The summed E-state index contributed by atoms with van der Waals surface area (Å²) in [6.07, 6.45) is 2.40. The fourth-order valence-corrected chi connectivity index (χ4v) is 4.22. The molecule has 0 saturated carbocycles. The van der Waals surface area contributed by atoms with Crippen LogP contribution in [0.15, 0.2) is 30.3 Å². The van der Waals surface area contributed by atoms with E-state index in [9.17, 15) is 18.0 Å². The second kappa shape index (κ2) is 7.73. The average molecular weight is 380 g/mol. The molecule has 1 atom stereocenters. The number of rotatable bonds is 3. The highest BCUT2D eigenvalue weighted by molar-refractivity contribution is 7.86. The fourth-order valence-electron chi connectivity index (χ4n) is 3.55. The number of likely N-dealkylation sites (tertiary alicyclic amines) is 1. The number of piperidine rings is 1. The number of carbonyl (C=O) groups excluding carboxylic acids is 2. The molecule has 2 aliphatic rings. The van der Waals surface area contributed by atoms with Gasteiger partial charge in [-0.3, -0.25) is 9.59 Å². The third kappa shape index (κ3) is 4.05. The average Bonchev–Trinajstić information content (AvgIpc) is 2.67. The SMILES string of the molecule is NS(=O)(=O)N1CCN(C(=O)C2CCCCN2C(=O)c2ccccc2)CC1. The quantitative estimate of drug-likeness (QED) is 0.799. The Labute approximate surface area is 153 Å². The van der Waals surface area contributed by atoms with E-state index in [1.807, 2.05) is 6.07 Å². The van der Waals surface area contributed by atoms with Crippen molar-refractivity contribution in [3.8, 4) is 0 Å². The second-order valence-electron chi connectivity index (χ2n) is 6.65. The van der Waals surface area contributed by atoms with E-state index in [4.69, 9.17) is 5.14 Å². The molecule has 2 aliphatic heterocycles. The summed E-state index contributed by atoms with van der Waals surface area (Å²) in [5, 5.41) is 5.14. The smallest absolute Gasteiger partial charge is 0.277 e. The molecule has 2 amide bonds. The number of hydrogen-bond donors (Lipinski definition) is 1. The molecule has 2 heterocycles. The molecule has 8 nitrogen and oxygen atoms in total. The van der Waals surface area contributed by atoms with Crippen LogP contribution in [0.3, 0.4) is 0 Å². The maximum absolute atomic E-state index is 13.0. The van der Waals surface area contributed by atoms with Gasteiger partial charge in [0.25, 0.3) is 16.1 Å². The Bertz CT molecular complexity index is 760. The minimum Gasteiger partial charge on any atom is -0.338 e. The molecule has 2 N–H and O–H groups in total. The lowest BCUT2D eigenvalue weighted by Crippen LogP contribution is -2.58. The van der Waals surface area contributed by atoms with E-state index < -0.39 is 16.3 Å². The first-order chi connectivity index (χ1) is 12.4. The fraction of sp³-hybridized carbons (Fsp3) is 0.529. The van der Waals surface area contributed by atoms with Gasteiger partial charge < -0.3 is 9.80 Å². The first kappa shape index (κ1) is 18.8. The molecule has 1 aromatic rings. The van der Waals surface area contributed by atoms with Gasteiger partial charge in [0.15, 0.2) is 0 Å². The molecule has 0 bridgehead atoms. The lowest BCUT2D eigenvalue weighted by Gasteiger charge is -2.40. The monoisotopic (exact) mass is 380 g/mol. The highest BCUT2D eigenvalue weighted by Gasteiger charge is 2.36. The Hall–Kier alpha value is -1.97. The predicted molar refractivity (Wildman–Crippen MR) is 96.4 cm³/mol. The van der Waals surface area contributed by atoms with Crippen LogP contribution in [0, 0.1) is 0 Å². The molecular weight excluding hydrogens is 356 g/mol. The van der Waals surface area contributed by atoms with Gasteiger partial charge >= 0.3 is 0 Å². The molecular formula is C17H24N4O4S. The number of carbonyl (C=O) groups is 2. The third-order valence-corrected chi connectivity index (χ3v) is 6.06. The Kier molecular flexibility index (Phi) is 5.59. The Morgan fingerprint density at radius 1 is 0.962 bits per heavy atom. The summed E-state index contributed by atoms with van der Waals surface area (Å²) in [7, 11) is -3.73. The number of piperazine rings is 1. The number of benzene rings is 1. The normalized spacial score (nSPS) is 22.3. The van der Waals surface area contributed by atoms with Gasteiger partial charge in [-0.25, -0.2) is 5.14 Å². The van der Waals surface area contributed by atoms with Crippen molar-refractivity contribution in [2.75, 3.05) is 32.7 Å². The highest BCUT2D eigenvalue weighted by Crippen LogP contribution is 2.22. The first-order valence-electron chi connectivity index (χ1n) is 8.80. The van der Waals surface area contributed by atoms with Gasteiger partial charge in [-0.2, -0.15) is 12.7 Å². The van der Waals surface area contributed by atoms with Crippen LogP contribution in [-0.2, 0) is 15.0 Å². The summed E-state index contributed by atoms with van der Waals surface area (Å²) in [5.41, 5.74) is 0.575. The second-order valence-corrected chi connectivity index (χ2v) is 8.19. The number of nitrogens with two attached hydrogens (primary N) is 1. The minimum atomic E-state index is -3.73. The molecule has 0 spiro atoms. The van der Waals surface area contributed by atoms with Crippen LogP contribution in [0.2, 0.25) is 0 Å². The van der Waals surface area contributed by atoms with Gasteiger partial charge in [-0.1, -0.05) is 18.2 Å². The molecule has 1 unspecified atom stereocenters. The molecule has 3 rings (SSSR count). The van der Waals surface area contributed by atoms with Crippen molar-refractivity contribution in [3.05, 3.63) is 35.9 Å². The van der Waals surface area contributed by atoms with E-state index in [1.165, 1.54) is 4.31 Å². The summed E-state index contributed by atoms with van der Waals surface area (Å²) in [6, 6.07) is 8.48. The van der Waals surface area contributed by atoms with Crippen LogP contribution < -0.4 is 5.14 Å². The van der Waals surface area contributed by atoms with Crippen LogP contribution in [0.1, 0.15) is 29.6 Å². The van der Waals surface area contributed by atoms with E-state index in [1.54, 1.807) is 34.1 Å². The van der Waals surface area contributed by atoms with Crippen molar-refractivity contribution in [1.82, 2.24) is 14.1 Å². The van der Waals surface area contributed by atoms with Gasteiger partial charge in [0.1, 0.15) is 6.04 Å². The van der Waals surface area contributed by atoms with E-state index in [0.717, 1.165) is 12.8 Å². The molecule has 0 aliphatic carbocycles. The molecule has 2 saturated heterocycles. The molecule has 26 heavy (non-hydrogen) atoms. The predicted octanol–water partition coefficient (Wildman–Crippen LogP) is 0.0290. The summed E-state index contributed by atoms with van der Waals surface area (Å²) in [6.45, 7) is 1.51. The van der Waals surface area contributed by atoms with Crippen LogP contribution in [0.4, 0.5) is 0 Å². The number of amides is 2.